The van der Waals surface area contributed by atoms with Gasteiger partial charge >= 0.3 is 12.1 Å². The molecule has 5 heteroatoms. The quantitative estimate of drug-likeness (QED) is 0.620. The minimum absolute atomic E-state index is 0.142. The molecule has 0 saturated heterocycles. The van der Waals surface area contributed by atoms with Crippen LogP contribution >= 0.6 is 0 Å². The van der Waals surface area contributed by atoms with E-state index in [1.807, 2.05) is 37.3 Å². The molecule has 0 aliphatic heterocycles. The third-order valence-electron chi connectivity index (χ3n) is 2.96. The molecule has 1 aromatic carbocycles. The first-order valence-electron chi connectivity index (χ1n) is 7.35. The van der Waals surface area contributed by atoms with Gasteiger partial charge in [-0.15, -0.1) is 0 Å². The van der Waals surface area contributed by atoms with Crippen LogP contribution in [0.2, 0.25) is 0 Å². The summed E-state index contributed by atoms with van der Waals surface area (Å²) >= 11 is 0. The summed E-state index contributed by atoms with van der Waals surface area (Å²) in [6.07, 6.45) is 3.50. The van der Waals surface area contributed by atoms with E-state index in [1.165, 1.54) is 0 Å². The van der Waals surface area contributed by atoms with Crippen LogP contribution in [0.5, 0.6) is 0 Å². The Balaban J connectivity index is 2.66. The number of ether oxygens (including phenoxy) is 2. The van der Waals surface area contributed by atoms with E-state index >= 15 is 0 Å². The van der Waals surface area contributed by atoms with Crippen LogP contribution in [0.1, 0.15) is 32.8 Å². The van der Waals surface area contributed by atoms with Gasteiger partial charge in [0.25, 0.3) is 0 Å². The molecule has 0 spiro atoms. The summed E-state index contributed by atoms with van der Waals surface area (Å²) in [5.74, 6) is -0.517. The maximum atomic E-state index is 12.0. The lowest BCUT2D eigenvalue weighted by Crippen LogP contribution is -2.51. The van der Waals surface area contributed by atoms with Gasteiger partial charge in [0.15, 0.2) is 5.54 Å². The Morgan fingerprint density at radius 3 is 2.45 bits per heavy atom. The van der Waals surface area contributed by atoms with Crippen LogP contribution in [-0.4, -0.2) is 24.2 Å². The van der Waals surface area contributed by atoms with E-state index in [0.717, 1.165) is 12.0 Å². The highest BCUT2D eigenvalue weighted by Crippen LogP contribution is 2.11. The SMILES string of the molecule is CC/C=C/[C@](C)(NC(=O)OCc1ccccc1)C(=O)OCC. The molecule has 0 aromatic heterocycles. The van der Waals surface area contributed by atoms with Crippen molar-refractivity contribution in [3.8, 4) is 0 Å². The molecule has 1 amide bonds. The molecule has 0 heterocycles. The summed E-state index contributed by atoms with van der Waals surface area (Å²) in [6, 6.07) is 9.33. The smallest absolute Gasteiger partial charge is 0.408 e. The molecule has 0 aliphatic rings. The predicted octanol–water partition coefficient (Wildman–Crippen LogP) is 3.20. The Morgan fingerprint density at radius 1 is 1.18 bits per heavy atom. The Bertz CT molecular complexity index is 513. The Labute approximate surface area is 131 Å². The average Bonchev–Trinajstić information content (AvgIpc) is 2.52. The van der Waals surface area contributed by atoms with E-state index in [-0.39, 0.29) is 13.2 Å². The second-order valence-corrected chi connectivity index (χ2v) is 4.92. The molecule has 0 radical (unpaired) electrons. The first-order chi connectivity index (χ1) is 10.5. The van der Waals surface area contributed by atoms with Crippen LogP contribution in [0.15, 0.2) is 42.5 Å². The number of carbonyl (C=O) groups excluding carboxylic acids is 2. The molecular weight excluding hydrogens is 282 g/mol. The van der Waals surface area contributed by atoms with Gasteiger partial charge in [-0.05, 0) is 25.8 Å². The largest absolute Gasteiger partial charge is 0.464 e. The molecule has 0 fully saturated rings. The monoisotopic (exact) mass is 305 g/mol. The summed E-state index contributed by atoms with van der Waals surface area (Å²) in [5, 5.41) is 2.56. The van der Waals surface area contributed by atoms with Crippen molar-refractivity contribution >= 4 is 12.1 Å². The minimum atomic E-state index is -1.24. The molecule has 0 aliphatic carbocycles. The van der Waals surface area contributed by atoms with Crippen molar-refractivity contribution in [2.45, 2.75) is 39.3 Å². The summed E-state index contributed by atoms with van der Waals surface area (Å²) in [6.45, 7) is 5.63. The standard InChI is InChI=1S/C17H23NO4/c1-4-6-12-17(3,15(19)21-5-2)18-16(20)22-13-14-10-8-7-9-11-14/h6-12H,4-5,13H2,1-3H3,(H,18,20)/b12-6+/t17-/m0/s1. The van der Waals surface area contributed by atoms with Gasteiger partial charge in [0.05, 0.1) is 6.61 Å². The normalized spacial score (nSPS) is 13.4. The van der Waals surface area contributed by atoms with Crippen LogP contribution in [0, 0.1) is 0 Å². The van der Waals surface area contributed by atoms with Crippen molar-refractivity contribution in [3.05, 3.63) is 48.0 Å². The van der Waals surface area contributed by atoms with Crippen LogP contribution in [0.3, 0.4) is 0 Å². The second-order valence-electron chi connectivity index (χ2n) is 4.92. The zero-order valence-electron chi connectivity index (χ0n) is 13.3. The number of hydrogen-bond donors (Lipinski definition) is 1. The molecule has 22 heavy (non-hydrogen) atoms. The lowest BCUT2D eigenvalue weighted by atomic mass is 10.0. The van der Waals surface area contributed by atoms with Gasteiger partial charge in [-0.25, -0.2) is 9.59 Å². The van der Waals surface area contributed by atoms with Crippen LogP contribution in [0.4, 0.5) is 4.79 Å². The number of nitrogens with one attached hydrogen (secondary N) is 1. The molecule has 1 atom stereocenters. The molecule has 120 valence electrons. The van der Waals surface area contributed by atoms with Crippen molar-refractivity contribution in [3.63, 3.8) is 0 Å². The fraction of sp³-hybridized carbons (Fsp3) is 0.412. The van der Waals surface area contributed by atoms with Crippen LogP contribution < -0.4 is 5.32 Å². The Hall–Kier alpha value is -2.30. The lowest BCUT2D eigenvalue weighted by molar-refractivity contribution is -0.148. The molecule has 5 nitrogen and oxygen atoms in total. The van der Waals surface area contributed by atoms with Gasteiger partial charge in [-0.2, -0.15) is 0 Å². The number of amides is 1. The van der Waals surface area contributed by atoms with Gasteiger partial charge < -0.3 is 14.8 Å². The highest BCUT2D eigenvalue weighted by atomic mass is 16.6. The lowest BCUT2D eigenvalue weighted by Gasteiger charge is -2.24. The van der Waals surface area contributed by atoms with E-state index < -0.39 is 17.6 Å². The number of hydrogen-bond acceptors (Lipinski definition) is 4. The summed E-state index contributed by atoms with van der Waals surface area (Å²) < 4.78 is 10.1. The second kappa shape index (κ2) is 8.87. The molecule has 1 aromatic rings. The molecule has 1 rings (SSSR count). The summed E-state index contributed by atoms with van der Waals surface area (Å²) in [5.41, 5.74) is -0.362. The fourth-order valence-corrected chi connectivity index (χ4v) is 1.77. The van der Waals surface area contributed by atoms with E-state index in [9.17, 15) is 9.59 Å². The number of benzene rings is 1. The molecule has 0 saturated carbocycles. The van der Waals surface area contributed by atoms with Crippen molar-refractivity contribution in [1.82, 2.24) is 5.32 Å². The topological polar surface area (TPSA) is 64.6 Å². The van der Waals surface area contributed by atoms with Crippen molar-refractivity contribution in [2.75, 3.05) is 6.61 Å². The first kappa shape index (κ1) is 17.8. The summed E-state index contributed by atoms with van der Waals surface area (Å²) in [4.78, 5) is 24.0. The zero-order valence-corrected chi connectivity index (χ0v) is 13.3. The van der Waals surface area contributed by atoms with E-state index in [1.54, 1.807) is 26.0 Å². The van der Waals surface area contributed by atoms with Crippen molar-refractivity contribution in [1.29, 1.82) is 0 Å². The number of carbonyl (C=O) groups is 2. The minimum Gasteiger partial charge on any atom is -0.464 e. The maximum Gasteiger partial charge on any atom is 0.408 e. The van der Waals surface area contributed by atoms with Gasteiger partial charge in [-0.1, -0.05) is 49.4 Å². The van der Waals surface area contributed by atoms with Gasteiger partial charge in [0.1, 0.15) is 6.61 Å². The first-order valence-corrected chi connectivity index (χ1v) is 7.35. The third-order valence-corrected chi connectivity index (χ3v) is 2.96. The van der Waals surface area contributed by atoms with Gasteiger partial charge in [0.2, 0.25) is 0 Å². The zero-order chi connectivity index (χ0) is 16.4. The number of esters is 1. The van der Waals surface area contributed by atoms with Crippen molar-refractivity contribution < 1.29 is 19.1 Å². The average molecular weight is 305 g/mol. The van der Waals surface area contributed by atoms with E-state index in [2.05, 4.69) is 5.32 Å². The van der Waals surface area contributed by atoms with Crippen molar-refractivity contribution in [2.24, 2.45) is 0 Å². The third kappa shape index (κ3) is 5.60. The summed E-state index contributed by atoms with van der Waals surface area (Å²) in [7, 11) is 0. The predicted molar refractivity (Wildman–Crippen MR) is 84.2 cm³/mol. The number of allylic oxidation sites excluding steroid dienone is 1. The highest BCUT2D eigenvalue weighted by molar-refractivity contribution is 5.87. The maximum absolute atomic E-state index is 12.0. The number of alkyl carbamates (subject to hydrolysis) is 1. The molecule has 1 N–H and O–H groups in total. The van der Waals surface area contributed by atoms with Crippen LogP contribution in [0.25, 0.3) is 0 Å². The Morgan fingerprint density at radius 2 is 1.86 bits per heavy atom. The molecule has 0 bridgehead atoms. The number of rotatable bonds is 7. The highest BCUT2D eigenvalue weighted by Gasteiger charge is 2.34. The van der Waals surface area contributed by atoms with Crippen LogP contribution in [-0.2, 0) is 20.9 Å². The van der Waals surface area contributed by atoms with Gasteiger partial charge in [0, 0.05) is 0 Å². The fourth-order valence-electron chi connectivity index (χ4n) is 1.77. The van der Waals surface area contributed by atoms with E-state index in [4.69, 9.17) is 9.47 Å². The van der Waals surface area contributed by atoms with E-state index in [0.29, 0.717) is 0 Å². The molecular formula is C17H23NO4. The van der Waals surface area contributed by atoms with Gasteiger partial charge in [-0.3, -0.25) is 0 Å². The Kier molecular flexibility index (Phi) is 7.16. The molecule has 0 unspecified atom stereocenters.